The highest BCUT2D eigenvalue weighted by molar-refractivity contribution is 5.86. The second-order valence-electron chi connectivity index (χ2n) is 7.91. The number of benzene rings is 2. The first-order valence-corrected chi connectivity index (χ1v) is 10.7. The van der Waals surface area contributed by atoms with E-state index in [1.807, 2.05) is 36.4 Å². The predicted octanol–water partition coefficient (Wildman–Crippen LogP) is 2.62. The normalized spacial score (nSPS) is 18.4. The van der Waals surface area contributed by atoms with Gasteiger partial charge in [0.2, 0.25) is 5.91 Å². The number of alkyl carbamates (subject to hydrolysis) is 1. The molecule has 2 aliphatic rings. The van der Waals surface area contributed by atoms with Gasteiger partial charge in [0.15, 0.2) is 6.10 Å². The van der Waals surface area contributed by atoms with Gasteiger partial charge in [-0.05, 0) is 28.7 Å². The third-order valence-corrected chi connectivity index (χ3v) is 6.00. The first kappa shape index (κ1) is 21.8. The molecule has 1 aliphatic heterocycles. The van der Waals surface area contributed by atoms with Crippen molar-refractivity contribution in [3.8, 4) is 11.1 Å². The molecular formula is C24H26N2O6. The molecular weight excluding hydrogens is 412 g/mol. The van der Waals surface area contributed by atoms with Crippen molar-refractivity contribution < 1.29 is 29.0 Å². The van der Waals surface area contributed by atoms with Crippen molar-refractivity contribution in [2.45, 2.75) is 31.4 Å². The van der Waals surface area contributed by atoms with Gasteiger partial charge < -0.3 is 24.8 Å². The minimum Gasteiger partial charge on any atom is -0.479 e. The van der Waals surface area contributed by atoms with E-state index in [-0.39, 0.29) is 38.1 Å². The number of fused-ring (bicyclic) bond motifs is 3. The van der Waals surface area contributed by atoms with Crippen LogP contribution in [0.5, 0.6) is 0 Å². The molecule has 1 heterocycles. The Balaban J connectivity index is 1.38. The highest BCUT2D eigenvalue weighted by Gasteiger charge is 2.33. The first-order valence-electron chi connectivity index (χ1n) is 10.7. The lowest BCUT2D eigenvalue weighted by Crippen LogP contribution is -2.55. The Morgan fingerprint density at radius 2 is 1.75 bits per heavy atom. The van der Waals surface area contributed by atoms with Crippen molar-refractivity contribution in [1.29, 1.82) is 0 Å². The number of morpholine rings is 1. The van der Waals surface area contributed by atoms with Crippen LogP contribution in [-0.2, 0) is 19.1 Å². The lowest BCUT2D eigenvalue weighted by molar-refractivity contribution is -0.160. The number of hydrogen-bond donors (Lipinski definition) is 2. The lowest BCUT2D eigenvalue weighted by Gasteiger charge is -2.33. The Morgan fingerprint density at radius 3 is 2.34 bits per heavy atom. The average Bonchev–Trinajstić information content (AvgIpc) is 3.14. The molecule has 0 bridgehead atoms. The molecule has 0 saturated carbocycles. The lowest BCUT2D eigenvalue weighted by atomic mass is 9.98. The SMILES string of the molecule is CC[C@H](NC(=O)OCC1c2ccccc2-c2ccccc21)C(=O)N1CCOC(C(=O)O)C1. The number of carboxylic acid groups (broad SMARTS) is 1. The minimum absolute atomic E-state index is 0.0446. The summed E-state index contributed by atoms with van der Waals surface area (Å²) in [5.41, 5.74) is 4.49. The molecule has 1 aliphatic carbocycles. The molecule has 2 amide bonds. The number of nitrogens with zero attached hydrogens (tertiary/aromatic N) is 1. The summed E-state index contributed by atoms with van der Waals surface area (Å²) >= 11 is 0. The van der Waals surface area contributed by atoms with Crippen LogP contribution < -0.4 is 5.32 Å². The van der Waals surface area contributed by atoms with Crippen LogP contribution in [0.25, 0.3) is 11.1 Å². The Bertz CT molecular complexity index is 978. The third-order valence-electron chi connectivity index (χ3n) is 6.00. The van der Waals surface area contributed by atoms with E-state index in [1.165, 1.54) is 4.90 Å². The second kappa shape index (κ2) is 9.40. The van der Waals surface area contributed by atoms with Gasteiger partial charge in [-0.1, -0.05) is 55.5 Å². The van der Waals surface area contributed by atoms with Crippen LogP contribution in [0.1, 0.15) is 30.4 Å². The molecule has 0 aromatic heterocycles. The molecule has 168 valence electrons. The predicted molar refractivity (Wildman–Crippen MR) is 116 cm³/mol. The molecule has 2 aromatic carbocycles. The molecule has 1 fully saturated rings. The Morgan fingerprint density at radius 1 is 1.12 bits per heavy atom. The maximum absolute atomic E-state index is 12.8. The Kier molecular flexibility index (Phi) is 6.41. The number of amides is 2. The molecule has 8 heteroatoms. The van der Waals surface area contributed by atoms with Crippen molar-refractivity contribution >= 4 is 18.0 Å². The number of carbonyl (C=O) groups is 3. The highest BCUT2D eigenvalue weighted by Crippen LogP contribution is 2.44. The largest absolute Gasteiger partial charge is 0.479 e. The van der Waals surface area contributed by atoms with Gasteiger partial charge in [0.25, 0.3) is 0 Å². The van der Waals surface area contributed by atoms with Crippen LogP contribution in [0, 0.1) is 0 Å². The van der Waals surface area contributed by atoms with Gasteiger partial charge >= 0.3 is 12.1 Å². The van der Waals surface area contributed by atoms with Crippen LogP contribution in [-0.4, -0.2) is 66.4 Å². The van der Waals surface area contributed by atoms with Crippen LogP contribution in [0.15, 0.2) is 48.5 Å². The number of ether oxygens (including phenoxy) is 2. The second-order valence-corrected chi connectivity index (χ2v) is 7.91. The standard InChI is InChI=1S/C24H26N2O6/c1-2-20(22(27)26-11-12-31-21(13-26)23(28)29)25-24(30)32-14-19-17-9-5-3-7-15(17)16-8-4-6-10-18(16)19/h3-10,19-21H,2,11-14H2,1H3,(H,25,30)(H,28,29)/t20-,21?/m0/s1. The number of aliphatic carboxylic acids is 1. The fourth-order valence-corrected chi connectivity index (χ4v) is 4.34. The van der Waals surface area contributed by atoms with Crippen molar-refractivity contribution in [3.05, 3.63) is 59.7 Å². The quantitative estimate of drug-likeness (QED) is 0.718. The summed E-state index contributed by atoms with van der Waals surface area (Å²) in [6.07, 6.45) is -1.37. The van der Waals surface area contributed by atoms with Crippen molar-refractivity contribution in [1.82, 2.24) is 10.2 Å². The summed E-state index contributed by atoms with van der Waals surface area (Å²) in [5, 5.41) is 11.8. The van der Waals surface area contributed by atoms with Crippen LogP contribution in [0.4, 0.5) is 4.79 Å². The first-order chi connectivity index (χ1) is 15.5. The van der Waals surface area contributed by atoms with E-state index in [9.17, 15) is 14.4 Å². The Labute approximate surface area is 186 Å². The van der Waals surface area contributed by atoms with Crippen LogP contribution in [0.3, 0.4) is 0 Å². The molecule has 2 aromatic rings. The molecule has 0 spiro atoms. The van der Waals surface area contributed by atoms with Crippen molar-refractivity contribution in [2.24, 2.45) is 0 Å². The number of carbonyl (C=O) groups excluding carboxylic acids is 2. The van der Waals surface area contributed by atoms with E-state index in [0.717, 1.165) is 22.3 Å². The van der Waals surface area contributed by atoms with Gasteiger partial charge in [0, 0.05) is 12.5 Å². The topological polar surface area (TPSA) is 105 Å². The zero-order valence-corrected chi connectivity index (χ0v) is 17.8. The molecule has 1 unspecified atom stereocenters. The molecule has 2 atom stereocenters. The number of hydrogen-bond acceptors (Lipinski definition) is 5. The fourth-order valence-electron chi connectivity index (χ4n) is 4.34. The van der Waals surface area contributed by atoms with Crippen molar-refractivity contribution in [3.63, 3.8) is 0 Å². The maximum Gasteiger partial charge on any atom is 0.407 e. The molecule has 1 saturated heterocycles. The van der Waals surface area contributed by atoms with E-state index in [1.54, 1.807) is 6.92 Å². The summed E-state index contributed by atoms with van der Waals surface area (Å²) in [7, 11) is 0. The van der Waals surface area contributed by atoms with Crippen molar-refractivity contribution in [2.75, 3.05) is 26.3 Å². The van der Waals surface area contributed by atoms with E-state index < -0.39 is 24.2 Å². The van der Waals surface area contributed by atoms with E-state index in [0.29, 0.717) is 6.42 Å². The zero-order chi connectivity index (χ0) is 22.7. The average molecular weight is 438 g/mol. The number of carboxylic acids is 1. The summed E-state index contributed by atoms with van der Waals surface area (Å²) < 4.78 is 10.7. The molecule has 0 radical (unpaired) electrons. The van der Waals surface area contributed by atoms with Gasteiger partial charge in [-0.15, -0.1) is 0 Å². The highest BCUT2D eigenvalue weighted by atomic mass is 16.5. The van der Waals surface area contributed by atoms with Gasteiger partial charge in [-0.2, -0.15) is 0 Å². The van der Waals surface area contributed by atoms with E-state index >= 15 is 0 Å². The number of nitrogens with one attached hydrogen (secondary N) is 1. The molecule has 4 rings (SSSR count). The van der Waals surface area contributed by atoms with E-state index in [2.05, 4.69) is 17.4 Å². The minimum atomic E-state index is -1.11. The zero-order valence-electron chi connectivity index (χ0n) is 17.8. The van der Waals surface area contributed by atoms with Gasteiger partial charge in [0.05, 0.1) is 13.2 Å². The van der Waals surface area contributed by atoms with Gasteiger partial charge in [-0.3, -0.25) is 4.79 Å². The summed E-state index contributed by atoms with van der Waals surface area (Å²) in [6.45, 7) is 2.32. The monoisotopic (exact) mass is 438 g/mol. The Hall–Kier alpha value is -3.39. The third kappa shape index (κ3) is 4.31. The number of rotatable bonds is 6. The van der Waals surface area contributed by atoms with Crippen LogP contribution in [0.2, 0.25) is 0 Å². The summed E-state index contributed by atoms with van der Waals surface area (Å²) in [6, 6.07) is 15.3. The molecule has 2 N–H and O–H groups in total. The van der Waals surface area contributed by atoms with Gasteiger partial charge in [0.1, 0.15) is 12.6 Å². The smallest absolute Gasteiger partial charge is 0.407 e. The molecule has 8 nitrogen and oxygen atoms in total. The maximum atomic E-state index is 12.8. The van der Waals surface area contributed by atoms with Crippen LogP contribution >= 0.6 is 0 Å². The summed E-state index contributed by atoms with van der Waals surface area (Å²) in [5.74, 6) is -1.52. The molecule has 32 heavy (non-hydrogen) atoms. The summed E-state index contributed by atoms with van der Waals surface area (Å²) in [4.78, 5) is 37.9. The van der Waals surface area contributed by atoms with Gasteiger partial charge in [-0.25, -0.2) is 9.59 Å². The fraction of sp³-hybridized carbons (Fsp3) is 0.375. The van der Waals surface area contributed by atoms with E-state index in [4.69, 9.17) is 14.6 Å².